The standard InChI is InChI=1S/C28H39N3O7/c1-15(27(29)37)25(35)28(38)19(20(14-32)30(2)3)12-17-11-18-16(13-31-9-5-4-6-10-31)7-8-21(33)23(18)24(34)22(17)26(28)36/h7-8,15,17,19-20,32-34,38H,4-6,9-14H2,1-3H3,(H2,29,37)/t15?,17-,19-,20+,28+/m0/s1. The lowest BCUT2D eigenvalue weighted by Crippen LogP contribution is -2.65. The van der Waals surface area contributed by atoms with Gasteiger partial charge in [0.05, 0.1) is 18.1 Å². The number of carbonyl (C=O) groups is 3. The number of likely N-dealkylation sites (tertiary alicyclic amines) is 1. The van der Waals surface area contributed by atoms with Crippen LogP contribution < -0.4 is 5.73 Å². The largest absolute Gasteiger partial charge is 0.507 e. The van der Waals surface area contributed by atoms with Crippen molar-refractivity contribution < 1.29 is 34.8 Å². The summed E-state index contributed by atoms with van der Waals surface area (Å²) in [5.41, 5.74) is 4.35. The molecule has 208 valence electrons. The molecule has 0 aromatic heterocycles. The lowest BCUT2D eigenvalue weighted by molar-refractivity contribution is -0.166. The number of ketones is 2. The number of phenolic OH excluding ortho intramolecular Hbond substituents is 1. The molecule has 2 aliphatic carbocycles. The van der Waals surface area contributed by atoms with Crippen LogP contribution in [0.15, 0.2) is 17.7 Å². The average molecular weight is 530 g/mol. The fourth-order valence-electron chi connectivity index (χ4n) is 6.54. The molecule has 1 heterocycles. The van der Waals surface area contributed by atoms with Gasteiger partial charge in [0.2, 0.25) is 11.7 Å². The number of Topliss-reactive ketones (excluding diaryl/α,β-unsaturated/α-hetero) is 2. The van der Waals surface area contributed by atoms with Crippen LogP contribution in [-0.4, -0.2) is 93.1 Å². The maximum Gasteiger partial charge on any atom is 0.227 e. The molecule has 1 amide bonds. The van der Waals surface area contributed by atoms with E-state index in [-0.39, 0.29) is 23.3 Å². The Morgan fingerprint density at radius 3 is 2.42 bits per heavy atom. The highest BCUT2D eigenvalue weighted by molar-refractivity contribution is 6.24. The maximum atomic E-state index is 14.0. The Morgan fingerprint density at radius 1 is 1.18 bits per heavy atom. The second-order valence-corrected chi connectivity index (χ2v) is 11.2. The molecule has 4 rings (SSSR count). The molecule has 10 nitrogen and oxygen atoms in total. The molecule has 1 aromatic carbocycles. The topological polar surface area (TPSA) is 165 Å². The number of aromatic hydroxyl groups is 1. The van der Waals surface area contributed by atoms with Crippen molar-refractivity contribution in [2.45, 2.75) is 57.2 Å². The lowest BCUT2D eigenvalue weighted by atomic mass is 9.59. The number of rotatable bonds is 8. The van der Waals surface area contributed by atoms with Gasteiger partial charge in [-0.25, -0.2) is 0 Å². The zero-order valence-corrected chi connectivity index (χ0v) is 22.3. The molecule has 1 unspecified atom stereocenters. The molecule has 2 fully saturated rings. The summed E-state index contributed by atoms with van der Waals surface area (Å²) >= 11 is 0. The van der Waals surface area contributed by atoms with Gasteiger partial charge in [-0.1, -0.05) is 12.5 Å². The summed E-state index contributed by atoms with van der Waals surface area (Å²) < 4.78 is 0. The lowest BCUT2D eigenvalue weighted by Gasteiger charge is -2.48. The smallest absolute Gasteiger partial charge is 0.227 e. The van der Waals surface area contributed by atoms with Crippen LogP contribution in [0.1, 0.15) is 49.3 Å². The third-order valence-corrected chi connectivity index (χ3v) is 8.76. The monoisotopic (exact) mass is 529 g/mol. The van der Waals surface area contributed by atoms with Gasteiger partial charge < -0.3 is 31.1 Å². The number of carbonyl (C=O) groups excluding carboxylic acids is 3. The minimum Gasteiger partial charge on any atom is -0.507 e. The Morgan fingerprint density at radius 2 is 1.84 bits per heavy atom. The van der Waals surface area contributed by atoms with Gasteiger partial charge in [0, 0.05) is 24.1 Å². The second-order valence-electron chi connectivity index (χ2n) is 11.2. The average Bonchev–Trinajstić information content (AvgIpc) is 2.88. The number of piperidine rings is 1. The quantitative estimate of drug-likeness (QED) is 0.306. The van der Waals surface area contributed by atoms with Crippen LogP contribution in [0.2, 0.25) is 0 Å². The minimum atomic E-state index is -2.69. The summed E-state index contributed by atoms with van der Waals surface area (Å²) in [5, 5.41) is 44.2. The molecule has 1 saturated carbocycles. The van der Waals surface area contributed by atoms with E-state index in [1.807, 2.05) is 6.07 Å². The van der Waals surface area contributed by atoms with Crippen LogP contribution in [-0.2, 0) is 27.3 Å². The van der Waals surface area contributed by atoms with Crippen molar-refractivity contribution >= 4 is 23.2 Å². The first-order valence-electron chi connectivity index (χ1n) is 13.3. The molecule has 0 bridgehead atoms. The molecule has 0 radical (unpaired) electrons. The molecular weight excluding hydrogens is 490 g/mol. The van der Waals surface area contributed by atoms with E-state index in [0.29, 0.717) is 13.0 Å². The zero-order valence-electron chi connectivity index (χ0n) is 22.3. The molecule has 5 atom stereocenters. The number of hydrogen-bond acceptors (Lipinski definition) is 9. The molecule has 1 aliphatic heterocycles. The third kappa shape index (κ3) is 4.64. The number of nitrogens with zero attached hydrogens (tertiary/aromatic N) is 2. The number of benzene rings is 1. The summed E-state index contributed by atoms with van der Waals surface area (Å²) in [4.78, 5) is 43.3. The van der Waals surface area contributed by atoms with Crippen molar-refractivity contribution in [1.29, 1.82) is 0 Å². The number of phenols is 1. The third-order valence-electron chi connectivity index (χ3n) is 8.76. The fraction of sp³-hybridized carbons (Fsp3) is 0.607. The van der Waals surface area contributed by atoms with Crippen LogP contribution in [0, 0.1) is 17.8 Å². The van der Waals surface area contributed by atoms with Crippen LogP contribution in [0.3, 0.4) is 0 Å². The maximum absolute atomic E-state index is 14.0. The molecule has 1 saturated heterocycles. The van der Waals surface area contributed by atoms with Crippen molar-refractivity contribution in [3.8, 4) is 5.75 Å². The number of primary amides is 1. The van der Waals surface area contributed by atoms with Gasteiger partial charge in [-0.15, -0.1) is 0 Å². The molecule has 10 heteroatoms. The van der Waals surface area contributed by atoms with E-state index >= 15 is 0 Å². The van der Waals surface area contributed by atoms with E-state index < -0.39 is 59.2 Å². The van der Waals surface area contributed by atoms with Crippen molar-refractivity contribution in [2.24, 2.45) is 23.5 Å². The highest BCUT2D eigenvalue weighted by Crippen LogP contribution is 2.50. The minimum absolute atomic E-state index is 0.0977. The summed E-state index contributed by atoms with van der Waals surface area (Å²) in [7, 11) is 3.34. The van der Waals surface area contributed by atoms with E-state index in [1.165, 1.54) is 19.4 Å². The molecular formula is C28H39N3O7. The van der Waals surface area contributed by atoms with Crippen molar-refractivity contribution in [2.75, 3.05) is 33.8 Å². The van der Waals surface area contributed by atoms with Crippen LogP contribution in [0.4, 0.5) is 0 Å². The highest BCUT2D eigenvalue weighted by atomic mass is 16.3. The van der Waals surface area contributed by atoms with E-state index in [1.54, 1.807) is 19.0 Å². The summed E-state index contributed by atoms with van der Waals surface area (Å²) in [6.07, 6.45) is 3.82. The van der Waals surface area contributed by atoms with Gasteiger partial charge in [0.15, 0.2) is 11.4 Å². The number of aliphatic hydroxyl groups excluding tert-OH is 2. The highest BCUT2D eigenvalue weighted by Gasteiger charge is 2.61. The van der Waals surface area contributed by atoms with Gasteiger partial charge >= 0.3 is 0 Å². The number of fused-ring (bicyclic) bond motifs is 2. The SMILES string of the molecule is CC(C(N)=O)C(=O)[C@@]1(O)C(=O)C2=C(O)c3c(O)ccc(CN4CCCCC4)c3C[C@H]2C[C@H]1[C@@H](CO)N(C)C. The van der Waals surface area contributed by atoms with Gasteiger partial charge in [0.1, 0.15) is 11.5 Å². The van der Waals surface area contributed by atoms with Gasteiger partial charge in [-0.05, 0) is 82.9 Å². The zero-order chi connectivity index (χ0) is 27.9. The van der Waals surface area contributed by atoms with E-state index in [2.05, 4.69) is 4.90 Å². The van der Waals surface area contributed by atoms with Crippen LogP contribution >= 0.6 is 0 Å². The molecule has 1 aromatic rings. The number of nitrogens with two attached hydrogens (primary N) is 1. The summed E-state index contributed by atoms with van der Waals surface area (Å²) in [6, 6.07) is 2.55. The molecule has 38 heavy (non-hydrogen) atoms. The first-order chi connectivity index (χ1) is 17.9. The second kappa shape index (κ2) is 10.8. The number of aliphatic hydroxyl groups is 3. The van der Waals surface area contributed by atoms with Crippen LogP contribution in [0.25, 0.3) is 5.76 Å². The fourth-order valence-corrected chi connectivity index (χ4v) is 6.54. The van der Waals surface area contributed by atoms with Gasteiger partial charge in [-0.3, -0.25) is 19.3 Å². The van der Waals surface area contributed by atoms with E-state index in [0.717, 1.165) is 37.1 Å². The molecule has 6 N–H and O–H groups in total. The Labute approximate surface area is 222 Å². The molecule has 0 spiro atoms. The summed E-state index contributed by atoms with van der Waals surface area (Å²) in [6.45, 7) is 3.35. The normalized spacial score (nSPS) is 27.6. The Balaban J connectivity index is 1.84. The van der Waals surface area contributed by atoms with Crippen LogP contribution in [0.5, 0.6) is 5.75 Å². The number of hydrogen-bond donors (Lipinski definition) is 5. The van der Waals surface area contributed by atoms with Gasteiger partial charge in [-0.2, -0.15) is 0 Å². The van der Waals surface area contributed by atoms with Crippen molar-refractivity contribution in [3.63, 3.8) is 0 Å². The first kappa shape index (κ1) is 28.2. The predicted molar refractivity (Wildman–Crippen MR) is 140 cm³/mol. The summed E-state index contributed by atoms with van der Waals surface area (Å²) in [5.74, 6) is -6.80. The van der Waals surface area contributed by atoms with Crippen molar-refractivity contribution in [3.05, 3.63) is 34.4 Å². The predicted octanol–water partition coefficient (Wildman–Crippen LogP) is 0.753. The Kier molecular flexibility index (Phi) is 7.99. The Bertz CT molecular complexity index is 1160. The molecule has 3 aliphatic rings. The number of amides is 1. The first-order valence-corrected chi connectivity index (χ1v) is 13.3. The van der Waals surface area contributed by atoms with Gasteiger partial charge in [0.25, 0.3) is 0 Å². The number of likely N-dealkylation sites (N-methyl/N-ethyl adjacent to an activating group) is 1. The van der Waals surface area contributed by atoms with Crippen molar-refractivity contribution in [1.82, 2.24) is 9.80 Å². The van der Waals surface area contributed by atoms with E-state index in [9.17, 15) is 34.8 Å². The Hall–Kier alpha value is -2.79. The van der Waals surface area contributed by atoms with E-state index in [4.69, 9.17) is 5.73 Å².